The first-order chi connectivity index (χ1) is 12.2. The third-order valence-corrected chi connectivity index (χ3v) is 3.36. The van der Waals surface area contributed by atoms with Crippen molar-refractivity contribution >= 4 is 17.5 Å². The number of para-hydroxylation sites is 1. The number of aromatic nitrogens is 4. The summed E-state index contributed by atoms with van der Waals surface area (Å²) < 4.78 is 1.67. The number of aryl methyl sites for hydroxylation is 1. The van der Waals surface area contributed by atoms with Crippen LogP contribution in [0.1, 0.15) is 5.69 Å². The summed E-state index contributed by atoms with van der Waals surface area (Å²) in [5, 5.41) is 21.1. The van der Waals surface area contributed by atoms with Gasteiger partial charge < -0.3 is 16.0 Å². The van der Waals surface area contributed by atoms with Crippen molar-refractivity contribution < 1.29 is 4.79 Å². The van der Waals surface area contributed by atoms with Crippen molar-refractivity contribution in [2.45, 2.75) is 6.92 Å². The summed E-state index contributed by atoms with van der Waals surface area (Å²) in [6.07, 6.45) is 1.84. The minimum atomic E-state index is -0.247. The number of benzene rings is 1. The van der Waals surface area contributed by atoms with Crippen molar-refractivity contribution in [3.05, 3.63) is 60.4 Å². The Kier molecular flexibility index (Phi) is 5.20. The van der Waals surface area contributed by atoms with Gasteiger partial charge in [-0.15, -0.1) is 10.2 Å². The Morgan fingerprint density at radius 3 is 2.56 bits per heavy atom. The molecule has 0 atom stereocenters. The van der Waals surface area contributed by atoms with Crippen LogP contribution < -0.4 is 16.0 Å². The predicted octanol–water partition coefficient (Wildman–Crippen LogP) is 2.20. The Balaban J connectivity index is 1.41. The first kappa shape index (κ1) is 16.4. The molecule has 3 aromatic rings. The normalized spacial score (nSPS) is 10.3. The van der Waals surface area contributed by atoms with E-state index in [4.69, 9.17) is 0 Å². The lowest BCUT2D eigenvalue weighted by atomic mass is 10.3. The van der Waals surface area contributed by atoms with Crippen LogP contribution in [0.15, 0.2) is 54.7 Å². The molecule has 0 aliphatic heterocycles. The lowest BCUT2D eigenvalue weighted by Crippen LogP contribution is -2.32. The Labute approximate surface area is 145 Å². The summed E-state index contributed by atoms with van der Waals surface area (Å²) in [7, 11) is 0. The lowest BCUT2D eigenvalue weighted by molar-refractivity contribution is 0.252. The molecule has 0 unspecified atom stereocenters. The Bertz CT molecular complexity index is 815. The summed E-state index contributed by atoms with van der Waals surface area (Å²) in [6, 6.07) is 14.6. The van der Waals surface area contributed by atoms with Crippen molar-refractivity contribution in [1.82, 2.24) is 25.3 Å². The van der Waals surface area contributed by atoms with Crippen LogP contribution in [-0.2, 0) is 0 Å². The van der Waals surface area contributed by atoms with E-state index in [1.807, 2.05) is 61.7 Å². The molecule has 2 heterocycles. The number of carbonyl (C=O) groups excluding carboxylic acids is 1. The number of anilines is 2. The van der Waals surface area contributed by atoms with Gasteiger partial charge in [-0.2, -0.15) is 5.10 Å². The third kappa shape index (κ3) is 4.77. The van der Waals surface area contributed by atoms with Gasteiger partial charge in [0.05, 0.1) is 5.69 Å². The number of urea groups is 1. The van der Waals surface area contributed by atoms with E-state index in [1.165, 1.54) is 0 Å². The molecule has 0 saturated heterocycles. The van der Waals surface area contributed by atoms with E-state index in [9.17, 15) is 4.79 Å². The van der Waals surface area contributed by atoms with Gasteiger partial charge in [-0.25, -0.2) is 9.48 Å². The predicted molar refractivity (Wildman–Crippen MR) is 95.8 cm³/mol. The van der Waals surface area contributed by atoms with Gasteiger partial charge in [-0.05, 0) is 37.3 Å². The van der Waals surface area contributed by atoms with E-state index in [1.54, 1.807) is 4.68 Å². The van der Waals surface area contributed by atoms with Crippen molar-refractivity contribution in [1.29, 1.82) is 0 Å². The van der Waals surface area contributed by atoms with E-state index < -0.39 is 0 Å². The van der Waals surface area contributed by atoms with Crippen LogP contribution in [0.2, 0.25) is 0 Å². The highest BCUT2D eigenvalue weighted by atomic mass is 16.2. The second-order valence-corrected chi connectivity index (χ2v) is 5.35. The van der Waals surface area contributed by atoms with E-state index in [-0.39, 0.29) is 6.03 Å². The number of hydrogen-bond acceptors (Lipinski definition) is 5. The van der Waals surface area contributed by atoms with Gasteiger partial charge in [0, 0.05) is 25.0 Å². The molecule has 0 fully saturated rings. The first-order valence-corrected chi connectivity index (χ1v) is 7.91. The quantitative estimate of drug-likeness (QED) is 0.599. The molecule has 25 heavy (non-hydrogen) atoms. The van der Waals surface area contributed by atoms with Crippen LogP contribution in [0.3, 0.4) is 0 Å². The maximum atomic E-state index is 11.7. The molecular weight excluding hydrogens is 318 g/mol. The van der Waals surface area contributed by atoms with E-state index in [0.717, 1.165) is 11.4 Å². The maximum absolute atomic E-state index is 11.7. The molecule has 3 N–H and O–H groups in total. The summed E-state index contributed by atoms with van der Waals surface area (Å²) in [6.45, 7) is 2.92. The summed E-state index contributed by atoms with van der Waals surface area (Å²) in [5.74, 6) is 1.29. The average Bonchev–Trinajstić information content (AvgIpc) is 3.06. The van der Waals surface area contributed by atoms with Crippen LogP contribution in [0.4, 0.5) is 16.3 Å². The zero-order chi connectivity index (χ0) is 17.5. The second-order valence-electron chi connectivity index (χ2n) is 5.35. The molecule has 0 spiro atoms. The molecule has 0 saturated carbocycles. The summed E-state index contributed by atoms with van der Waals surface area (Å²) >= 11 is 0. The molecule has 0 aliphatic carbocycles. The van der Waals surface area contributed by atoms with Crippen LogP contribution in [0, 0.1) is 6.92 Å². The van der Waals surface area contributed by atoms with E-state index in [2.05, 4.69) is 31.2 Å². The molecule has 0 bridgehead atoms. The van der Waals surface area contributed by atoms with Gasteiger partial charge in [0.25, 0.3) is 0 Å². The molecule has 3 rings (SSSR count). The van der Waals surface area contributed by atoms with Crippen molar-refractivity contribution in [3.8, 4) is 5.82 Å². The fourth-order valence-electron chi connectivity index (χ4n) is 2.15. The summed E-state index contributed by atoms with van der Waals surface area (Å²) in [5.41, 5.74) is 1.67. The summed E-state index contributed by atoms with van der Waals surface area (Å²) in [4.78, 5) is 11.7. The molecule has 2 amide bonds. The number of nitrogens with one attached hydrogen (secondary N) is 3. The molecule has 2 aromatic heterocycles. The smallest absolute Gasteiger partial charge is 0.319 e. The largest absolute Gasteiger partial charge is 0.367 e. The highest BCUT2D eigenvalue weighted by molar-refractivity contribution is 5.89. The molecular formula is C17H19N7O. The Morgan fingerprint density at radius 1 is 1.04 bits per heavy atom. The number of amides is 2. The van der Waals surface area contributed by atoms with Gasteiger partial charge in [0.2, 0.25) is 0 Å². The Hall–Kier alpha value is -3.42. The lowest BCUT2D eigenvalue weighted by Gasteiger charge is -2.09. The van der Waals surface area contributed by atoms with Gasteiger partial charge >= 0.3 is 6.03 Å². The fourth-order valence-corrected chi connectivity index (χ4v) is 2.15. The van der Waals surface area contributed by atoms with Crippen LogP contribution in [-0.4, -0.2) is 39.1 Å². The molecule has 1 aromatic carbocycles. The number of hydrogen-bond donors (Lipinski definition) is 3. The first-order valence-electron chi connectivity index (χ1n) is 7.91. The van der Waals surface area contributed by atoms with E-state index >= 15 is 0 Å². The standard InChI is InChI=1S/C17H19N7O/c1-13-9-12-24(23-13)16-8-7-15(21-22-16)18-10-11-19-17(25)20-14-5-3-2-4-6-14/h2-9,12H,10-11H2,1H3,(H,18,21)(H2,19,20,25). The molecule has 0 aliphatic rings. The van der Waals surface area contributed by atoms with Crippen molar-refractivity contribution in [2.75, 3.05) is 23.7 Å². The monoisotopic (exact) mass is 337 g/mol. The topological polar surface area (TPSA) is 96.8 Å². The number of carbonyl (C=O) groups is 1. The molecule has 8 nitrogen and oxygen atoms in total. The minimum absolute atomic E-state index is 0.247. The minimum Gasteiger partial charge on any atom is -0.367 e. The van der Waals surface area contributed by atoms with Crippen LogP contribution >= 0.6 is 0 Å². The SMILES string of the molecule is Cc1ccn(-c2ccc(NCCNC(=O)Nc3ccccc3)nn2)n1. The van der Waals surface area contributed by atoms with Crippen molar-refractivity contribution in [3.63, 3.8) is 0 Å². The van der Waals surface area contributed by atoms with Crippen molar-refractivity contribution in [2.24, 2.45) is 0 Å². The maximum Gasteiger partial charge on any atom is 0.319 e. The zero-order valence-corrected chi connectivity index (χ0v) is 13.8. The molecule has 0 radical (unpaired) electrons. The highest BCUT2D eigenvalue weighted by Gasteiger charge is 2.02. The van der Waals surface area contributed by atoms with Gasteiger partial charge in [-0.1, -0.05) is 18.2 Å². The fraction of sp³-hybridized carbons (Fsp3) is 0.176. The van der Waals surface area contributed by atoms with Gasteiger partial charge in [-0.3, -0.25) is 0 Å². The number of rotatable bonds is 6. The molecule has 8 heteroatoms. The molecule has 128 valence electrons. The van der Waals surface area contributed by atoms with Crippen LogP contribution in [0.25, 0.3) is 5.82 Å². The van der Waals surface area contributed by atoms with Gasteiger partial charge in [0.1, 0.15) is 5.82 Å². The zero-order valence-electron chi connectivity index (χ0n) is 13.8. The van der Waals surface area contributed by atoms with Crippen LogP contribution in [0.5, 0.6) is 0 Å². The Morgan fingerprint density at radius 2 is 1.88 bits per heavy atom. The third-order valence-electron chi connectivity index (χ3n) is 3.36. The second kappa shape index (κ2) is 7.91. The van der Waals surface area contributed by atoms with Gasteiger partial charge in [0.15, 0.2) is 5.82 Å². The number of nitrogens with zero attached hydrogens (tertiary/aromatic N) is 4. The average molecular weight is 337 g/mol. The highest BCUT2D eigenvalue weighted by Crippen LogP contribution is 2.06. The van der Waals surface area contributed by atoms with E-state index in [0.29, 0.717) is 24.7 Å².